The Morgan fingerprint density at radius 3 is 2.62 bits per heavy atom. The van der Waals surface area contributed by atoms with Gasteiger partial charge in [-0.05, 0) is 34.5 Å². The quantitative estimate of drug-likeness (QED) is 0.865. The molecule has 4 nitrogen and oxygen atoms in total. The summed E-state index contributed by atoms with van der Waals surface area (Å²) < 4.78 is 26.8. The Labute approximate surface area is 104 Å². The van der Waals surface area contributed by atoms with Gasteiger partial charge < -0.3 is 5.73 Å². The first kappa shape index (κ1) is 13.6. The molecule has 0 saturated heterocycles. The Morgan fingerprint density at radius 1 is 1.44 bits per heavy atom. The molecular weight excluding hydrogens is 292 g/mol. The van der Waals surface area contributed by atoms with E-state index in [1.54, 1.807) is 24.3 Å². The van der Waals surface area contributed by atoms with Gasteiger partial charge in [0.25, 0.3) is 0 Å². The van der Waals surface area contributed by atoms with E-state index in [4.69, 9.17) is 5.73 Å². The van der Waals surface area contributed by atoms with Gasteiger partial charge in [-0.2, -0.15) is 0 Å². The van der Waals surface area contributed by atoms with Crippen LogP contribution in [-0.4, -0.2) is 21.0 Å². The Morgan fingerprint density at radius 2 is 2.06 bits per heavy atom. The summed E-state index contributed by atoms with van der Waals surface area (Å²) >= 11 is 3.21. The van der Waals surface area contributed by atoms with Crippen LogP contribution in [0.5, 0.6) is 0 Å². The first-order chi connectivity index (χ1) is 7.47. The van der Waals surface area contributed by atoms with Crippen LogP contribution < -0.4 is 10.5 Å². The summed E-state index contributed by atoms with van der Waals surface area (Å²) in [7, 11) is -3.47. The summed E-state index contributed by atoms with van der Waals surface area (Å²) in [5.41, 5.74) is 5.66. The lowest BCUT2D eigenvalue weighted by Crippen LogP contribution is -2.36. The molecule has 0 aliphatic heterocycles. The molecule has 0 fully saturated rings. The average molecular weight is 307 g/mol. The zero-order chi connectivity index (χ0) is 12.2. The van der Waals surface area contributed by atoms with Gasteiger partial charge in [-0.3, -0.25) is 0 Å². The fourth-order valence-corrected chi connectivity index (χ4v) is 3.20. The van der Waals surface area contributed by atoms with Crippen molar-refractivity contribution in [2.75, 3.05) is 6.54 Å². The molecule has 1 aromatic rings. The first-order valence-corrected chi connectivity index (χ1v) is 7.24. The van der Waals surface area contributed by atoms with Gasteiger partial charge in [-0.25, -0.2) is 13.1 Å². The Kier molecular flexibility index (Phi) is 4.91. The smallest absolute Gasteiger partial charge is 0.241 e. The molecule has 0 heterocycles. The third kappa shape index (κ3) is 3.55. The molecule has 0 saturated carbocycles. The van der Waals surface area contributed by atoms with Gasteiger partial charge in [0.2, 0.25) is 10.0 Å². The fourth-order valence-electron chi connectivity index (χ4n) is 1.10. The molecule has 1 aromatic carbocycles. The van der Waals surface area contributed by atoms with Crippen molar-refractivity contribution in [3.05, 3.63) is 28.7 Å². The molecule has 16 heavy (non-hydrogen) atoms. The Balaban J connectivity index is 2.83. The summed E-state index contributed by atoms with van der Waals surface area (Å²) in [5.74, 6) is 0. The second-order valence-corrected chi connectivity index (χ2v) is 6.04. The van der Waals surface area contributed by atoms with Gasteiger partial charge in [0.05, 0.1) is 4.90 Å². The van der Waals surface area contributed by atoms with E-state index < -0.39 is 10.0 Å². The number of rotatable bonds is 5. The third-order valence-electron chi connectivity index (χ3n) is 2.19. The van der Waals surface area contributed by atoms with Gasteiger partial charge in [0, 0.05) is 17.1 Å². The molecule has 6 heteroatoms. The van der Waals surface area contributed by atoms with Gasteiger partial charge in [0.15, 0.2) is 0 Å². The van der Waals surface area contributed by atoms with Crippen LogP contribution in [0.15, 0.2) is 33.6 Å². The SMILES string of the molecule is CCC(N)CNS(=O)(=O)c1ccccc1Br. The molecular formula is C10H15BrN2O2S. The van der Waals surface area contributed by atoms with Crippen molar-refractivity contribution in [1.82, 2.24) is 4.72 Å². The zero-order valence-corrected chi connectivity index (χ0v) is 11.4. The van der Waals surface area contributed by atoms with Crippen molar-refractivity contribution >= 4 is 26.0 Å². The van der Waals surface area contributed by atoms with Crippen LogP contribution >= 0.6 is 15.9 Å². The summed E-state index contributed by atoms with van der Waals surface area (Å²) in [5, 5.41) is 0. The molecule has 90 valence electrons. The number of nitrogens with one attached hydrogen (secondary N) is 1. The number of nitrogens with two attached hydrogens (primary N) is 1. The highest BCUT2D eigenvalue weighted by Gasteiger charge is 2.17. The number of sulfonamides is 1. The van der Waals surface area contributed by atoms with E-state index in [1.807, 2.05) is 6.92 Å². The maximum atomic E-state index is 11.9. The maximum Gasteiger partial charge on any atom is 0.241 e. The predicted octanol–water partition coefficient (Wildman–Crippen LogP) is 1.46. The molecule has 1 rings (SSSR count). The highest BCUT2D eigenvalue weighted by atomic mass is 79.9. The minimum absolute atomic E-state index is 0.155. The minimum Gasteiger partial charge on any atom is -0.327 e. The number of hydrogen-bond donors (Lipinski definition) is 2. The van der Waals surface area contributed by atoms with Crippen LogP contribution in [0.3, 0.4) is 0 Å². The summed E-state index contributed by atoms with van der Waals surface area (Å²) in [6.45, 7) is 2.16. The van der Waals surface area contributed by atoms with Crippen molar-refractivity contribution < 1.29 is 8.42 Å². The standard InChI is InChI=1S/C10H15BrN2O2S/c1-2-8(12)7-13-16(14,15)10-6-4-3-5-9(10)11/h3-6,8,13H,2,7,12H2,1H3. The fraction of sp³-hybridized carbons (Fsp3) is 0.400. The van der Waals surface area contributed by atoms with Crippen molar-refractivity contribution in [3.63, 3.8) is 0 Å². The van der Waals surface area contributed by atoms with E-state index in [9.17, 15) is 8.42 Å². The molecule has 0 spiro atoms. The Bertz CT molecular complexity index is 448. The minimum atomic E-state index is -3.47. The van der Waals surface area contributed by atoms with E-state index >= 15 is 0 Å². The zero-order valence-electron chi connectivity index (χ0n) is 8.98. The molecule has 0 aliphatic rings. The number of hydrogen-bond acceptors (Lipinski definition) is 3. The molecule has 3 N–H and O–H groups in total. The third-order valence-corrected chi connectivity index (χ3v) is 4.62. The lowest BCUT2D eigenvalue weighted by Gasteiger charge is -2.11. The van der Waals surface area contributed by atoms with E-state index in [-0.39, 0.29) is 17.5 Å². The van der Waals surface area contributed by atoms with Gasteiger partial charge in [-0.1, -0.05) is 19.1 Å². The largest absolute Gasteiger partial charge is 0.327 e. The number of benzene rings is 1. The van der Waals surface area contributed by atoms with Crippen LogP contribution in [0.2, 0.25) is 0 Å². The van der Waals surface area contributed by atoms with Gasteiger partial charge >= 0.3 is 0 Å². The second kappa shape index (κ2) is 5.77. The van der Waals surface area contributed by atoms with Gasteiger partial charge in [-0.15, -0.1) is 0 Å². The molecule has 0 radical (unpaired) electrons. The molecule has 1 atom stereocenters. The van der Waals surface area contributed by atoms with E-state index in [2.05, 4.69) is 20.7 Å². The van der Waals surface area contributed by atoms with Crippen LogP contribution in [0.1, 0.15) is 13.3 Å². The van der Waals surface area contributed by atoms with E-state index in [1.165, 1.54) is 0 Å². The summed E-state index contributed by atoms with van der Waals surface area (Å²) in [6, 6.07) is 6.52. The average Bonchev–Trinajstić information content (AvgIpc) is 2.26. The maximum absolute atomic E-state index is 11.9. The van der Waals surface area contributed by atoms with Crippen LogP contribution in [0.4, 0.5) is 0 Å². The lowest BCUT2D eigenvalue weighted by atomic mass is 10.2. The molecule has 1 unspecified atom stereocenters. The molecule has 0 bridgehead atoms. The van der Waals surface area contributed by atoms with E-state index in [0.29, 0.717) is 4.47 Å². The summed E-state index contributed by atoms with van der Waals surface area (Å²) in [6.07, 6.45) is 0.735. The van der Waals surface area contributed by atoms with Crippen molar-refractivity contribution in [3.8, 4) is 0 Å². The van der Waals surface area contributed by atoms with Crippen molar-refractivity contribution in [2.24, 2.45) is 5.73 Å². The lowest BCUT2D eigenvalue weighted by molar-refractivity contribution is 0.563. The second-order valence-electron chi connectivity index (χ2n) is 3.45. The Hall–Kier alpha value is -0.430. The molecule has 0 amide bonds. The number of halogens is 1. The summed E-state index contributed by atoms with van der Waals surface area (Å²) in [4.78, 5) is 0.235. The molecule has 0 aromatic heterocycles. The van der Waals surface area contributed by atoms with Crippen LogP contribution in [0.25, 0.3) is 0 Å². The van der Waals surface area contributed by atoms with Crippen LogP contribution in [-0.2, 0) is 10.0 Å². The predicted molar refractivity (Wildman–Crippen MR) is 67.6 cm³/mol. The first-order valence-electron chi connectivity index (χ1n) is 4.97. The highest BCUT2D eigenvalue weighted by molar-refractivity contribution is 9.10. The normalized spacial score (nSPS) is 13.7. The van der Waals surface area contributed by atoms with Crippen LogP contribution in [0, 0.1) is 0 Å². The highest BCUT2D eigenvalue weighted by Crippen LogP contribution is 2.20. The van der Waals surface area contributed by atoms with E-state index in [0.717, 1.165) is 6.42 Å². The topological polar surface area (TPSA) is 72.2 Å². The monoisotopic (exact) mass is 306 g/mol. The van der Waals surface area contributed by atoms with Gasteiger partial charge in [0.1, 0.15) is 0 Å². The van der Waals surface area contributed by atoms with Crippen molar-refractivity contribution in [2.45, 2.75) is 24.3 Å². The van der Waals surface area contributed by atoms with Crippen molar-refractivity contribution in [1.29, 1.82) is 0 Å². The molecule has 0 aliphatic carbocycles.